The number of alkyl halides is 6. The molecule has 0 heterocycles. The monoisotopic (exact) mass is 313 g/mol. The van der Waals surface area contributed by atoms with Gasteiger partial charge in [-0.3, -0.25) is 4.79 Å². The molecule has 0 aliphatic heterocycles. The van der Waals surface area contributed by atoms with E-state index in [-0.39, 0.29) is 12.5 Å². The molecule has 0 aromatic heterocycles. The van der Waals surface area contributed by atoms with Crippen LogP contribution in [0.2, 0.25) is 0 Å². The lowest BCUT2D eigenvalue weighted by Gasteiger charge is -2.14. The average molecular weight is 313 g/mol. The minimum absolute atomic E-state index is 0.0156. The van der Waals surface area contributed by atoms with Crippen LogP contribution in [0.3, 0.4) is 0 Å². The molecule has 0 fully saturated rings. The molecule has 0 atom stereocenters. The first-order chi connectivity index (χ1) is 9.54. The highest BCUT2D eigenvalue weighted by Crippen LogP contribution is 2.37. The van der Waals surface area contributed by atoms with Crippen molar-refractivity contribution in [3.63, 3.8) is 0 Å². The third kappa shape index (κ3) is 5.28. The number of anilines is 1. The number of carbonyl (C=O) groups excluding carboxylic acids is 1. The van der Waals surface area contributed by atoms with Crippen molar-refractivity contribution in [3.05, 3.63) is 29.3 Å². The molecule has 0 aliphatic rings. The Hall–Kier alpha value is -1.73. The molecule has 0 aliphatic carbocycles. The summed E-state index contributed by atoms with van der Waals surface area (Å²) in [7, 11) is 0. The summed E-state index contributed by atoms with van der Waals surface area (Å²) in [5.41, 5.74) is -3.43. The molecule has 21 heavy (non-hydrogen) atoms. The Bertz CT molecular complexity index is 474. The number of unbranched alkanes of at least 4 members (excludes halogenated alkanes) is 1. The first-order valence-corrected chi connectivity index (χ1v) is 6.13. The fourth-order valence-electron chi connectivity index (χ4n) is 1.59. The molecule has 1 rings (SSSR count). The van der Waals surface area contributed by atoms with Crippen molar-refractivity contribution in [1.29, 1.82) is 0 Å². The number of amides is 1. The lowest BCUT2D eigenvalue weighted by molar-refractivity contribution is -0.143. The highest BCUT2D eigenvalue weighted by atomic mass is 19.4. The van der Waals surface area contributed by atoms with E-state index in [2.05, 4.69) is 5.32 Å². The van der Waals surface area contributed by atoms with Crippen LogP contribution in [0, 0.1) is 0 Å². The molecule has 0 radical (unpaired) electrons. The molecule has 2 nitrogen and oxygen atoms in total. The van der Waals surface area contributed by atoms with E-state index in [1.807, 2.05) is 0 Å². The van der Waals surface area contributed by atoms with Crippen molar-refractivity contribution in [3.8, 4) is 0 Å². The number of nitrogens with one attached hydrogen (secondary N) is 1. The Morgan fingerprint density at radius 2 is 1.48 bits per heavy atom. The SMILES string of the molecule is CCCCC(=O)Nc1cc(C(F)(F)F)cc(C(F)(F)F)c1. The number of rotatable bonds is 4. The van der Waals surface area contributed by atoms with E-state index >= 15 is 0 Å². The van der Waals surface area contributed by atoms with Gasteiger partial charge in [0.15, 0.2) is 0 Å². The zero-order valence-electron chi connectivity index (χ0n) is 11.0. The maximum atomic E-state index is 12.6. The van der Waals surface area contributed by atoms with Crippen LogP contribution in [0.5, 0.6) is 0 Å². The second kappa shape index (κ2) is 6.36. The molecule has 0 unspecified atom stereocenters. The van der Waals surface area contributed by atoms with Crippen molar-refractivity contribution >= 4 is 11.6 Å². The quantitative estimate of drug-likeness (QED) is 0.791. The molecule has 1 aromatic rings. The van der Waals surface area contributed by atoms with Gasteiger partial charge in [-0.1, -0.05) is 13.3 Å². The lowest BCUT2D eigenvalue weighted by Crippen LogP contribution is -2.15. The number of halogens is 6. The van der Waals surface area contributed by atoms with Crippen LogP contribution in [-0.4, -0.2) is 5.91 Å². The molecule has 8 heteroatoms. The van der Waals surface area contributed by atoms with Gasteiger partial charge in [-0.25, -0.2) is 0 Å². The van der Waals surface area contributed by atoms with Gasteiger partial charge in [0, 0.05) is 12.1 Å². The van der Waals surface area contributed by atoms with Crippen molar-refractivity contribution in [2.24, 2.45) is 0 Å². The smallest absolute Gasteiger partial charge is 0.326 e. The van der Waals surface area contributed by atoms with E-state index in [1.165, 1.54) is 0 Å². The maximum Gasteiger partial charge on any atom is 0.416 e. The highest BCUT2D eigenvalue weighted by Gasteiger charge is 2.37. The molecule has 0 bridgehead atoms. The molecular formula is C13H13F6NO. The van der Waals surface area contributed by atoms with Crippen LogP contribution in [0.25, 0.3) is 0 Å². The molecule has 1 aromatic carbocycles. The third-order valence-electron chi connectivity index (χ3n) is 2.63. The fraction of sp³-hybridized carbons (Fsp3) is 0.462. The molecule has 1 amide bonds. The minimum Gasteiger partial charge on any atom is -0.326 e. The van der Waals surface area contributed by atoms with Gasteiger partial charge in [0.05, 0.1) is 11.1 Å². The van der Waals surface area contributed by atoms with Crippen molar-refractivity contribution < 1.29 is 31.1 Å². The molecule has 1 N–H and O–H groups in total. The van der Waals surface area contributed by atoms with E-state index in [9.17, 15) is 31.1 Å². The molecule has 118 valence electrons. The second-order valence-corrected chi connectivity index (χ2v) is 4.45. The summed E-state index contributed by atoms with van der Waals surface area (Å²) in [6.07, 6.45) is -8.64. The maximum absolute atomic E-state index is 12.6. The average Bonchev–Trinajstić information content (AvgIpc) is 2.34. The topological polar surface area (TPSA) is 29.1 Å². The number of benzene rings is 1. The summed E-state index contributed by atoms with van der Waals surface area (Å²) in [5.74, 6) is -0.621. The molecule has 0 saturated carbocycles. The van der Waals surface area contributed by atoms with Gasteiger partial charge in [-0.05, 0) is 24.6 Å². The number of hydrogen-bond donors (Lipinski definition) is 1. The van der Waals surface area contributed by atoms with Gasteiger partial charge in [-0.2, -0.15) is 26.3 Å². The zero-order valence-corrected chi connectivity index (χ0v) is 11.0. The Morgan fingerprint density at radius 1 is 1.00 bits per heavy atom. The summed E-state index contributed by atoms with van der Waals surface area (Å²) < 4.78 is 75.6. The molecular weight excluding hydrogens is 300 g/mol. The van der Waals surface area contributed by atoms with Crippen LogP contribution in [0.4, 0.5) is 32.0 Å². The standard InChI is InChI=1S/C13H13F6NO/c1-2-3-4-11(21)20-10-6-8(12(14,15)16)5-9(7-10)13(17,18)19/h5-7H,2-4H2,1H3,(H,20,21). The Kier molecular flexibility index (Phi) is 5.25. The van der Waals surface area contributed by atoms with Crippen molar-refractivity contribution in [1.82, 2.24) is 0 Å². The van der Waals surface area contributed by atoms with Gasteiger partial charge in [0.2, 0.25) is 5.91 Å². The highest BCUT2D eigenvalue weighted by molar-refractivity contribution is 5.90. The van der Waals surface area contributed by atoms with E-state index in [0.717, 1.165) is 0 Å². The van der Waals surface area contributed by atoms with Gasteiger partial charge >= 0.3 is 12.4 Å². The molecule has 0 saturated heterocycles. The third-order valence-corrected chi connectivity index (χ3v) is 2.63. The Labute approximate surface area is 117 Å². The predicted molar refractivity (Wildman–Crippen MR) is 64.6 cm³/mol. The summed E-state index contributed by atoms with van der Waals surface area (Å²) in [6.45, 7) is 1.80. The van der Waals surface area contributed by atoms with Crippen LogP contribution < -0.4 is 5.32 Å². The zero-order chi connectivity index (χ0) is 16.3. The van der Waals surface area contributed by atoms with Crippen molar-refractivity contribution in [2.45, 2.75) is 38.5 Å². The van der Waals surface area contributed by atoms with Crippen LogP contribution in [0.1, 0.15) is 37.3 Å². The number of hydrogen-bond acceptors (Lipinski definition) is 1. The minimum atomic E-state index is -4.93. The normalized spacial score (nSPS) is 12.3. The van der Waals surface area contributed by atoms with Crippen LogP contribution in [0.15, 0.2) is 18.2 Å². The van der Waals surface area contributed by atoms with Crippen LogP contribution >= 0.6 is 0 Å². The van der Waals surface area contributed by atoms with Crippen molar-refractivity contribution in [2.75, 3.05) is 5.32 Å². The number of carbonyl (C=O) groups is 1. The van der Waals surface area contributed by atoms with E-state index in [4.69, 9.17) is 0 Å². The first kappa shape index (κ1) is 17.3. The Balaban J connectivity index is 3.11. The summed E-state index contributed by atoms with van der Waals surface area (Å²) >= 11 is 0. The van der Waals surface area contributed by atoms with Gasteiger partial charge in [0.25, 0.3) is 0 Å². The van der Waals surface area contributed by atoms with Gasteiger partial charge < -0.3 is 5.32 Å². The van der Waals surface area contributed by atoms with E-state index < -0.39 is 35.1 Å². The summed E-state index contributed by atoms with van der Waals surface area (Å²) in [4.78, 5) is 11.4. The van der Waals surface area contributed by atoms with Crippen LogP contribution in [-0.2, 0) is 17.1 Å². The summed E-state index contributed by atoms with van der Waals surface area (Å²) in [6, 6.07) is 0.986. The van der Waals surface area contributed by atoms with Gasteiger partial charge in [0.1, 0.15) is 0 Å². The largest absolute Gasteiger partial charge is 0.416 e. The Morgan fingerprint density at radius 3 is 1.86 bits per heavy atom. The van der Waals surface area contributed by atoms with E-state index in [0.29, 0.717) is 25.0 Å². The predicted octanol–water partition coefficient (Wildman–Crippen LogP) is 4.85. The lowest BCUT2D eigenvalue weighted by atomic mass is 10.1. The second-order valence-electron chi connectivity index (χ2n) is 4.45. The summed E-state index contributed by atoms with van der Waals surface area (Å²) in [5, 5.41) is 2.06. The van der Waals surface area contributed by atoms with E-state index in [1.54, 1.807) is 6.92 Å². The fourth-order valence-corrected chi connectivity index (χ4v) is 1.59. The molecule has 0 spiro atoms. The van der Waals surface area contributed by atoms with Gasteiger partial charge in [-0.15, -0.1) is 0 Å². The first-order valence-electron chi connectivity index (χ1n) is 6.13.